The van der Waals surface area contributed by atoms with Gasteiger partial charge >= 0.3 is 0 Å². The molecule has 3 aromatic rings. The molecule has 0 saturated heterocycles. The molecule has 0 spiro atoms. The van der Waals surface area contributed by atoms with Crippen LogP contribution >= 0.6 is 22.9 Å². The van der Waals surface area contributed by atoms with Crippen LogP contribution in [0.25, 0.3) is 5.57 Å². The molecule has 2 N–H and O–H groups in total. The fourth-order valence-electron chi connectivity index (χ4n) is 2.55. The Kier molecular flexibility index (Phi) is 3.93. The van der Waals surface area contributed by atoms with Crippen molar-refractivity contribution < 1.29 is 18.7 Å². The minimum atomic E-state index is -0.610. The molecule has 0 saturated carbocycles. The molecule has 1 aliphatic heterocycles. The Morgan fingerprint density at radius 1 is 1.19 bits per heavy atom. The highest BCUT2D eigenvalue weighted by Gasteiger charge is 2.25. The van der Waals surface area contributed by atoms with E-state index in [2.05, 4.69) is 15.3 Å². The lowest BCUT2D eigenvalue weighted by atomic mass is 10.1. The quantitative estimate of drug-likeness (QED) is 0.720. The maximum atomic E-state index is 13.6. The van der Waals surface area contributed by atoms with Crippen LogP contribution in [0.1, 0.15) is 4.88 Å². The molecule has 5 nitrogen and oxygen atoms in total. The second-order valence-electron chi connectivity index (χ2n) is 5.35. The van der Waals surface area contributed by atoms with E-state index in [-0.39, 0.29) is 31.5 Å². The van der Waals surface area contributed by atoms with Gasteiger partial charge in [-0.15, -0.1) is 0 Å². The van der Waals surface area contributed by atoms with Gasteiger partial charge in [0.05, 0.1) is 21.6 Å². The van der Waals surface area contributed by atoms with E-state index < -0.39 is 23.4 Å². The van der Waals surface area contributed by atoms with Crippen LogP contribution in [-0.4, -0.2) is 16.0 Å². The van der Waals surface area contributed by atoms with Crippen molar-refractivity contribution in [1.82, 2.24) is 4.98 Å². The Bertz CT molecular complexity index is 1190. The molecule has 4 rings (SSSR count). The van der Waals surface area contributed by atoms with Gasteiger partial charge in [0.15, 0.2) is 5.13 Å². The van der Waals surface area contributed by atoms with E-state index in [9.17, 15) is 18.7 Å². The lowest BCUT2D eigenvalue weighted by Crippen LogP contribution is -2.23. The average molecular weight is 392 g/mol. The zero-order valence-corrected chi connectivity index (χ0v) is 14.3. The number of rotatable bonds is 3. The number of carbonyl (C=O) groups excluding carboxylic acids is 1. The normalized spacial score (nSPS) is 12.9. The van der Waals surface area contributed by atoms with E-state index in [1.165, 1.54) is 36.4 Å². The predicted octanol–water partition coefficient (Wildman–Crippen LogP) is 2.88. The maximum Gasteiger partial charge on any atom is 0.279 e. The van der Waals surface area contributed by atoms with Crippen LogP contribution in [0, 0.1) is 11.6 Å². The van der Waals surface area contributed by atoms with Crippen LogP contribution in [0.15, 0.2) is 41.4 Å². The lowest BCUT2D eigenvalue weighted by Gasteiger charge is -2.04. The van der Waals surface area contributed by atoms with Crippen molar-refractivity contribution in [3.63, 3.8) is 0 Å². The van der Waals surface area contributed by atoms with Crippen LogP contribution in [-0.2, 0) is 4.79 Å². The number of amides is 1. The molecule has 1 aliphatic rings. The maximum absolute atomic E-state index is 13.6. The third-order valence-corrected chi connectivity index (χ3v) is 5.05. The summed E-state index contributed by atoms with van der Waals surface area (Å²) in [7, 11) is 0. The first-order valence-corrected chi connectivity index (χ1v) is 8.47. The number of halogens is 3. The monoisotopic (exact) mass is 391 g/mol. The van der Waals surface area contributed by atoms with Crippen molar-refractivity contribution in [2.24, 2.45) is 4.99 Å². The number of benzene rings is 2. The molecule has 9 heteroatoms. The summed E-state index contributed by atoms with van der Waals surface area (Å²) < 4.78 is 27.1. The summed E-state index contributed by atoms with van der Waals surface area (Å²) in [5.74, 6) is -2.15. The summed E-state index contributed by atoms with van der Waals surface area (Å²) >= 11 is 6.83. The number of nitrogens with zero attached hydrogens (tertiary/aromatic N) is 2. The Labute approximate surface area is 153 Å². The molecular weight excluding hydrogens is 384 g/mol. The average Bonchev–Trinajstić information content (AvgIpc) is 3.10. The third kappa shape index (κ3) is 2.73. The molecule has 1 amide bonds. The highest BCUT2D eigenvalue weighted by molar-refractivity contribution is 7.17. The molecule has 2 aromatic carbocycles. The second kappa shape index (κ2) is 6.15. The van der Waals surface area contributed by atoms with Gasteiger partial charge in [0.25, 0.3) is 5.91 Å². The predicted molar refractivity (Wildman–Crippen MR) is 93.2 cm³/mol. The first-order chi connectivity index (χ1) is 12.4. The summed E-state index contributed by atoms with van der Waals surface area (Å²) in [5.41, 5.74) is 0.318. The summed E-state index contributed by atoms with van der Waals surface area (Å²) in [6, 6.07) is 7.97. The zero-order valence-electron chi connectivity index (χ0n) is 12.8. The standard InChI is InChI=1S/C17H8ClF2N3O2S/c18-13-9(20)2-1-3-11(13)22-17-23-16(25)14(26-17)12-8-6-7(19)4-5-10(8)21-15(12)24/h1-6,25H,(H,22,23). The first kappa shape index (κ1) is 16.6. The zero-order chi connectivity index (χ0) is 18.4. The number of hydrogen-bond donors (Lipinski definition) is 2. The number of aromatic hydroxyl groups is 1. The first-order valence-electron chi connectivity index (χ1n) is 7.28. The van der Waals surface area contributed by atoms with E-state index in [0.717, 1.165) is 11.3 Å². The molecule has 0 atom stereocenters. The van der Waals surface area contributed by atoms with E-state index in [1.54, 1.807) is 0 Å². The van der Waals surface area contributed by atoms with Crippen LogP contribution in [0.4, 0.5) is 19.6 Å². The number of hydrogen-bond acceptors (Lipinski definition) is 5. The second-order valence-corrected chi connectivity index (χ2v) is 6.73. The van der Waals surface area contributed by atoms with Crippen LogP contribution < -0.4 is 15.9 Å². The fraction of sp³-hybridized carbons (Fsp3) is 0. The van der Waals surface area contributed by atoms with E-state index >= 15 is 0 Å². The molecule has 1 aromatic heterocycles. The number of carbonyl (C=O) groups is 1. The molecule has 0 bridgehead atoms. The smallest absolute Gasteiger partial charge is 0.279 e. The topological polar surface area (TPSA) is 74.6 Å². The molecule has 0 aliphatic carbocycles. The third-order valence-electron chi connectivity index (χ3n) is 3.69. The highest BCUT2D eigenvalue weighted by atomic mass is 35.5. The fourth-order valence-corrected chi connectivity index (χ4v) is 3.65. The molecule has 130 valence electrons. The van der Waals surface area contributed by atoms with Gasteiger partial charge in [0.2, 0.25) is 5.88 Å². The summed E-state index contributed by atoms with van der Waals surface area (Å²) in [4.78, 5) is 20.1. The number of nitrogens with one attached hydrogen (secondary N) is 1. The van der Waals surface area contributed by atoms with Gasteiger partial charge in [-0.25, -0.2) is 13.8 Å². The van der Waals surface area contributed by atoms with E-state index in [4.69, 9.17) is 11.6 Å². The Hall–Kier alpha value is -2.84. The highest BCUT2D eigenvalue weighted by Crippen LogP contribution is 2.36. The van der Waals surface area contributed by atoms with Crippen molar-refractivity contribution in [3.8, 4) is 5.88 Å². The van der Waals surface area contributed by atoms with Gasteiger partial charge < -0.3 is 10.4 Å². The van der Waals surface area contributed by atoms with Crippen LogP contribution in [0.5, 0.6) is 5.88 Å². The number of fused-ring (bicyclic) bond motifs is 1. The number of anilines is 2. The number of aromatic nitrogens is 1. The molecular formula is C17H8ClF2N3O2S. The van der Waals surface area contributed by atoms with Crippen LogP contribution in [0.2, 0.25) is 5.02 Å². The molecule has 0 unspecified atom stereocenters. The summed E-state index contributed by atoms with van der Waals surface area (Å²) in [6.45, 7) is 0. The largest absolute Gasteiger partial charge is 0.492 e. The minimum Gasteiger partial charge on any atom is -0.492 e. The molecule has 26 heavy (non-hydrogen) atoms. The van der Waals surface area contributed by atoms with E-state index in [0.29, 0.717) is 5.36 Å². The van der Waals surface area contributed by atoms with Crippen molar-refractivity contribution in [2.45, 2.75) is 0 Å². The minimum absolute atomic E-state index is 0.0629. The Morgan fingerprint density at radius 3 is 2.81 bits per heavy atom. The van der Waals surface area contributed by atoms with Gasteiger partial charge in [-0.2, -0.15) is 4.98 Å². The van der Waals surface area contributed by atoms with Crippen molar-refractivity contribution in [1.29, 1.82) is 0 Å². The van der Waals surface area contributed by atoms with Gasteiger partial charge in [-0.1, -0.05) is 29.0 Å². The summed E-state index contributed by atoms with van der Waals surface area (Å²) in [5, 5.41) is 13.6. The molecule has 2 heterocycles. The Morgan fingerprint density at radius 2 is 2.00 bits per heavy atom. The molecule has 0 fully saturated rings. The Balaban J connectivity index is 1.81. The lowest BCUT2D eigenvalue weighted by molar-refractivity contribution is -0.112. The van der Waals surface area contributed by atoms with Gasteiger partial charge in [-0.05, 0) is 30.3 Å². The van der Waals surface area contributed by atoms with Crippen molar-refractivity contribution in [2.75, 3.05) is 5.32 Å². The van der Waals surface area contributed by atoms with Crippen LogP contribution in [0.3, 0.4) is 0 Å². The molecule has 0 radical (unpaired) electrons. The van der Waals surface area contributed by atoms with Crippen molar-refractivity contribution in [3.05, 3.63) is 68.5 Å². The van der Waals surface area contributed by atoms with Gasteiger partial charge in [0, 0.05) is 5.22 Å². The van der Waals surface area contributed by atoms with Gasteiger partial charge in [0.1, 0.15) is 16.5 Å². The van der Waals surface area contributed by atoms with Gasteiger partial charge in [-0.3, -0.25) is 4.79 Å². The van der Waals surface area contributed by atoms with E-state index in [1.807, 2.05) is 0 Å². The summed E-state index contributed by atoms with van der Waals surface area (Å²) in [6.07, 6.45) is 0. The SMILES string of the molecule is O=C1N=c2ccc(F)cc2=C1c1sc(Nc2cccc(F)c2Cl)nc1O. The number of thiazole rings is 1. The van der Waals surface area contributed by atoms with Crippen molar-refractivity contribution >= 4 is 45.2 Å².